The molecule has 0 atom stereocenters. The summed E-state index contributed by atoms with van der Waals surface area (Å²) in [6.07, 6.45) is 5.03. The molecular formula is C5H5N3S2. The van der Waals surface area contributed by atoms with Crippen molar-refractivity contribution < 1.29 is 0 Å². The van der Waals surface area contributed by atoms with Crippen molar-refractivity contribution >= 4 is 28.4 Å². The Morgan fingerprint density at radius 3 is 3.10 bits per heavy atom. The smallest absolute Gasteiger partial charge is 0.202 e. The van der Waals surface area contributed by atoms with E-state index in [1.807, 2.05) is 0 Å². The molecule has 0 unspecified atom stereocenters. The highest BCUT2D eigenvalue weighted by molar-refractivity contribution is 7.99. The lowest BCUT2D eigenvalue weighted by Gasteiger charge is -1.83. The molecule has 0 aliphatic rings. The van der Waals surface area contributed by atoms with Crippen molar-refractivity contribution in [2.45, 2.75) is 5.16 Å². The zero-order chi connectivity index (χ0) is 7.40. The molecular weight excluding hydrogens is 166 g/mol. The second-order valence-electron chi connectivity index (χ2n) is 1.41. The van der Waals surface area contributed by atoms with Crippen molar-refractivity contribution in [1.29, 1.82) is 0 Å². The van der Waals surface area contributed by atoms with Crippen LogP contribution < -0.4 is 5.73 Å². The summed E-state index contributed by atoms with van der Waals surface area (Å²) in [5.41, 5.74) is 5.33. The zero-order valence-electron chi connectivity index (χ0n) is 5.07. The predicted octanol–water partition coefficient (Wildman–Crippen LogP) is 0.846. The third kappa shape index (κ3) is 1.90. The Labute approximate surface area is 67.2 Å². The fraction of sp³-hybridized carbons (Fsp3) is 0.200. The minimum Gasteiger partial charge on any atom is -0.374 e. The summed E-state index contributed by atoms with van der Waals surface area (Å²) in [5, 5.41) is 1.15. The highest BCUT2D eigenvalue weighted by Gasteiger charge is 1.98. The van der Waals surface area contributed by atoms with Crippen molar-refractivity contribution in [1.82, 2.24) is 9.36 Å². The van der Waals surface area contributed by atoms with Crippen LogP contribution in [0.25, 0.3) is 0 Å². The van der Waals surface area contributed by atoms with Gasteiger partial charge in [0.15, 0.2) is 0 Å². The van der Waals surface area contributed by atoms with Gasteiger partial charge in [-0.2, -0.15) is 9.36 Å². The van der Waals surface area contributed by atoms with Gasteiger partial charge in [0.1, 0.15) is 0 Å². The van der Waals surface area contributed by atoms with Gasteiger partial charge in [0.05, 0.1) is 5.75 Å². The molecule has 1 rings (SSSR count). The number of nitrogen functional groups attached to an aromatic ring is 1. The maximum atomic E-state index is 5.33. The molecule has 0 saturated heterocycles. The lowest BCUT2D eigenvalue weighted by molar-refractivity contribution is 1.09. The largest absolute Gasteiger partial charge is 0.374 e. The number of anilines is 1. The maximum absolute atomic E-state index is 5.33. The number of rotatable bonds is 2. The van der Waals surface area contributed by atoms with E-state index in [2.05, 4.69) is 15.3 Å². The summed E-state index contributed by atoms with van der Waals surface area (Å²) in [4.78, 5) is 3.90. The second-order valence-corrected chi connectivity index (χ2v) is 3.13. The Balaban J connectivity index is 2.52. The zero-order valence-corrected chi connectivity index (χ0v) is 6.71. The summed E-state index contributed by atoms with van der Waals surface area (Å²) in [5.74, 6) is 3.07. The van der Waals surface area contributed by atoms with Gasteiger partial charge in [0, 0.05) is 11.5 Å². The van der Waals surface area contributed by atoms with Crippen molar-refractivity contribution in [2.24, 2.45) is 0 Å². The van der Waals surface area contributed by atoms with Gasteiger partial charge in [-0.15, -0.1) is 6.42 Å². The average Bonchev–Trinajstić information content (AvgIpc) is 2.31. The van der Waals surface area contributed by atoms with Gasteiger partial charge in [0.2, 0.25) is 10.3 Å². The Morgan fingerprint density at radius 1 is 1.80 bits per heavy atom. The molecule has 5 heteroatoms. The van der Waals surface area contributed by atoms with Crippen molar-refractivity contribution in [3.8, 4) is 12.3 Å². The third-order valence-corrected chi connectivity index (χ3v) is 2.12. The SMILES string of the molecule is C#CCSc1nsc(N)n1. The van der Waals surface area contributed by atoms with Gasteiger partial charge in [-0.25, -0.2) is 0 Å². The van der Waals surface area contributed by atoms with E-state index in [0.29, 0.717) is 16.0 Å². The number of hydrogen-bond donors (Lipinski definition) is 1. The number of hydrogen-bond acceptors (Lipinski definition) is 5. The van der Waals surface area contributed by atoms with E-state index >= 15 is 0 Å². The molecule has 3 nitrogen and oxygen atoms in total. The van der Waals surface area contributed by atoms with Crippen LogP contribution >= 0.6 is 23.3 Å². The van der Waals surface area contributed by atoms with E-state index in [0.717, 1.165) is 0 Å². The summed E-state index contributed by atoms with van der Waals surface area (Å²) < 4.78 is 3.93. The first kappa shape index (κ1) is 7.38. The minimum absolute atomic E-state index is 0.486. The molecule has 0 spiro atoms. The van der Waals surface area contributed by atoms with Gasteiger partial charge < -0.3 is 5.73 Å². The Hall–Kier alpha value is -0.730. The summed E-state index contributed by atoms with van der Waals surface area (Å²) in [6, 6.07) is 0. The number of nitrogens with two attached hydrogens (primary N) is 1. The van der Waals surface area contributed by atoms with Crippen molar-refractivity contribution in [2.75, 3.05) is 11.5 Å². The van der Waals surface area contributed by atoms with Crippen LogP contribution in [-0.2, 0) is 0 Å². The van der Waals surface area contributed by atoms with Crippen LogP contribution in [0.5, 0.6) is 0 Å². The molecule has 0 aromatic carbocycles. The van der Waals surface area contributed by atoms with Crippen molar-refractivity contribution in [3.63, 3.8) is 0 Å². The van der Waals surface area contributed by atoms with Crippen LogP contribution in [0.1, 0.15) is 0 Å². The van der Waals surface area contributed by atoms with Gasteiger partial charge in [-0.05, 0) is 0 Å². The monoisotopic (exact) mass is 171 g/mol. The molecule has 1 aromatic rings. The third-order valence-electron chi connectivity index (χ3n) is 0.708. The molecule has 1 aromatic heterocycles. The molecule has 0 radical (unpaired) electrons. The quantitative estimate of drug-likeness (QED) is 0.529. The topological polar surface area (TPSA) is 51.8 Å². The molecule has 0 fully saturated rings. The van der Waals surface area contributed by atoms with Crippen LogP contribution in [0.3, 0.4) is 0 Å². The molecule has 0 aliphatic carbocycles. The highest BCUT2D eigenvalue weighted by atomic mass is 32.2. The number of aromatic nitrogens is 2. The van der Waals surface area contributed by atoms with E-state index in [1.165, 1.54) is 23.3 Å². The summed E-state index contributed by atoms with van der Waals surface area (Å²) in [6.45, 7) is 0. The molecule has 0 bridgehead atoms. The van der Waals surface area contributed by atoms with Crippen LogP contribution in [0, 0.1) is 12.3 Å². The predicted molar refractivity (Wildman–Crippen MR) is 43.9 cm³/mol. The lowest BCUT2D eigenvalue weighted by Crippen LogP contribution is -1.81. The normalized spacial score (nSPS) is 9.10. The number of thioether (sulfide) groups is 1. The molecule has 0 saturated carbocycles. The molecule has 0 amide bonds. The van der Waals surface area contributed by atoms with E-state index in [1.54, 1.807) is 0 Å². The van der Waals surface area contributed by atoms with Gasteiger partial charge in [0.25, 0.3) is 0 Å². The first-order valence-corrected chi connectivity index (χ1v) is 4.24. The minimum atomic E-state index is 0.486. The molecule has 52 valence electrons. The lowest BCUT2D eigenvalue weighted by atomic mass is 10.8. The van der Waals surface area contributed by atoms with Crippen LogP contribution in [0.4, 0.5) is 5.13 Å². The highest BCUT2D eigenvalue weighted by Crippen LogP contribution is 2.16. The molecule has 2 N–H and O–H groups in total. The van der Waals surface area contributed by atoms with E-state index in [4.69, 9.17) is 12.2 Å². The Kier molecular flexibility index (Phi) is 2.54. The van der Waals surface area contributed by atoms with E-state index in [9.17, 15) is 0 Å². The van der Waals surface area contributed by atoms with Gasteiger partial charge in [-0.1, -0.05) is 17.7 Å². The Bertz CT molecular complexity index is 250. The maximum Gasteiger partial charge on any atom is 0.202 e. The molecule has 1 heterocycles. The second kappa shape index (κ2) is 3.44. The van der Waals surface area contributed by atoms with Crippen LogP contribution in [0.2, 0.25) is 0 Å². The van der Waals surface area contributed by atoms with Gasteiger partial charge in [-0.3, -0.25) is 0 Å². The van der Waals surface area contributed by atoms with E-state index < -0.39 is 0 Å². The molecule has 10 heavy (non-hydrogen) atoms. The summed E-state index contributed by atoms with van der Waals surface area (Å²) >= 11 is 2.60. The summed E-state index contributed by atoms with van der Waals surface area (Å²) in [7, 11) is 0. The van der Waals surface area contributed by atoms with E-state index in [-0.39, 0.29) is 0 Å². The van der Waals surface area contributed by atoms with Crippen LogP contribution in [-0.4, -0.2) is 15.1 Å². The fourth-order valence-corrected chi connectivity index (χ4v) is 1.48. The van der Waals surface area contributed by atoms with Crippen molar-refractivity contribution in [3.05, 3.63) is 0 Å². The first-order chi connectivity index (χ1) is 4.83. The van der Waals surface area contributed by atoms with Gasteiger partial charge >= 0.3 is 0 Å². The number of terminal acetylenes is 1. The first-order valence-electron chi connectivity index (χ1n) is 2.48. The molecule has 0 aliphatic heterocycles. The number of nitrogens with zero attached hydrogens (tertiary/aromatic N) is 2. The standard InChI is InChI=1S/C5H5N3S2/c1-2-3-9-5-7-4(6)10-8-5/h1H,3H2,(H2,6,7,8). The van der Waals surface area contributed by atoms with Crippen LogP contribution in [0.15, 0.2) is 5.16 Å². The Morgan fingerprint density at radius 2 is 2.60 bits per heavy atom. The fourth-order valence-electron chi connectivity index (χ4n) is 0.386. The average molecular weight is 171 g/mol.